The summed E-state index contributed by atoms with van der Waals surface area (Å²) in [5.74, 6) is 0.162. The maximum atomic E-state index is 12.2. The van der Waals surface area contributed by atoms with Gasteiger partial charge in [-0.15, -0.1) is 0 Å². The molecule has 3 nitrogen and oxygen atoms in total. The van der Waals surface area contributed by atoms with E-state index < -0.39 is 0 Å². The molecule has 2 rings (SSSR count). The van der Waals surface area contributed by atoms with Gasteiger partial charge in [0.2, 0.25) is 11.8 Å². The van der Waals surface area contributed by atoms with Crippen molar-refractivity contribution in [3.63, 3.8) is 0 Å². The molecule has 1 aromatic rings. The average molecular weight is 287 g/mol. The molecule has 1 heterocycles. The Labute approximate surface area is 127 Å². The van der Waals surface area contributed by atoms with Crippen LogP contribution in [-0.2, 0) is 16.0 Å². The molecule has 1 N–H and O–H groups in total. The van der Waals surface area contributed by atoms with Crippen LogP contribution in [0.25, 0.3) is 0 Å². The Hall–Kier alpha value is -1.64. The van der Waals surface area contributed by atoms with Gasteiger partial charge in [0.15, 0.2) is 0 Å². The van der Waals surface area contributed by atoms with E-state index in [0.717, 1.165) is 19.3 Å². The number of hydrogen-bond acceptors (Lipinski definition) is 2. The van der Waals surface area contributed by atoms with E-state index in [1.54, 1.807) is 0 Å². The lowest BCUT2D eigenvalue weighted by Crippen LogP contribution is -2.51. The summed E-state index contributed by atoms with van der Waals surface area (Å²) in [5, 5.41) is 2.51. The summed E-state index contributed by atoms with van der Waals surface area (Å²) in [4.78, 5) is 24.0. The van der Waals surface area contributed by atoms with Gasteiger partial charge in [-0.3, -0.25) is 14.9 Å². The number of nitrogens with one attached hydrogen (secondary N) is 1. The highest BCUT2D eigenvalue weighted by Crippen LogP contribution is 2.42. The van der Waals surface area contributed by atoms with Crippen LogP contribution < -0.4 is 5.32 Å². The third kappa shape index (κ3) is 3.93. The van der Waals surface area contributed by atoms with Gasteiger partial charge in [-0.05, 0) is 36.2 Å². The number of piperidine rings is 1. The van der Waals surface area contributed by atoms with Crippen LogP contribution in [0.1, 0.15) is 45.6 Å². The van der Waals surface area contributed by atoms with Gasteiger partial charge < -0.3 is 0 Å². The minimum absolute atomic E-state index is 0.0705. The monoisotopic (exact) mass is 287 g/mol. The van der Waals surface area contributed by atoms with E-state index in [1.165, 1.54) is 5.56 Å². The Balaban J connectivity index is 2.13. The zero-order valence-electron chi connectivity index (χ0n) is 13.2. The van der Waals surface area contributed by atoms with E-state index in [4.69, 9.17) is 0 Å². The smallest absolute Gasteiger partial charge is 0.230 e. The molecule has 0 spiro atoms. The molecule has 1 fully saturated rings. The molecule has 0 aliphatic carbocycles. The van der Waals surface area contributed by atoms with Gasteiger partial charge in [0, 0.05) is 12.3 Å². The molecule has 2 unspecified atom stereocenters. The molecule has 21 heavy (non-hydrogen) atoms. The van der Waals surface area contributed by atoms with Gasteiger partial charge in [0.05, 0.1) is 0 Å². The van der Waals surface area contributed by atoms with Crippen LogP contribution in [0.4, 0.5) is 0 Å². The summed E-state index contributed by atoms with van der Waals surface area (Å²) in [7, 11) is 0. The van der Waals surface area contributed by atoms with Gasteiger partial charge in [-0.25, -0.2) is 0 Å². The molecule has 0 saturated carbocycles. The molecule has 0 aromatic heterocycles. The lowest BCUT2D eigenvalue weighted by atomic mass is 9.66. The first-order chi connectivity index (χ1) is 9.90. The van der Waals surface area contributed by atoms with Gasteiger partial charge in [-0.1, -0.05) is 51.1 Å². The van der Waals surface area contributed by atoms with E-state index in [9.17, 15) is 9.59 Å². The van der Waals surface area contributed by atoms with Crippen molar-refractivity contribution in [3.8, 4) is 0 Å². The van der Waals surface area contributed by atoms with Gasteiger partial charge in [-0.2, -0.15) is 0 Å². The quantitative estimate of drug-likeness (QED) is 0.844. The van der Waals surface area contributed by atoms with Crippen LogP contribution >= 0.6 is 0 Å². The summed E-state index contributed by atoms with van der Waals surface area (Å²) in [6, 6.07) is 10.3. The predicted octanol–water partition coefficient (Wildman–Crippen LogP) is 3.33. The second-order valence-electron chi connectivity index (χ2n) is 6.91. The lowest BCUT2D eigenvalue weighted by Gasteiger charge is -2.40. The number of benzene rings is 1. The minimum atomic E-state index is -0.237. The molecular formula is C18H25NO2. The summed E-state index contributed by atoms with van der Waals surface area (Å²) < 4.78 is 0. The van der Waals surface area contributed by atoms with Crippen LogP contribution in [0.3, 0.4) is 0 Å². The van der Waals surface area contributed by atoms with Crippen molar-refractivity contribution in [2.24, 2.45) is 17.3 Å². The average Bonchev–Trinajstić information content (AvgIpc) is 2.42. The summed E-state index contributed by atoms with van der Waals surface area (Å²) >= 11 is 0. The summed E-state index contributed by atoms with van der Waals surface area (Å²) in [6.07, 6.45) is 3.06. The van der Waals surface area contributed by atoms with E-state index in [-0.39, 0.29) is 23.1 Å². The fourth-order valence-electron chi connectivity index (χ4n) is 3.28. The number of rotatable bonds is 5. The molecule has 114 valence electrons. The van der Waals surface area contributed by atoms with Crippen LogP contribution in [-0.4, -0.2) is 11.8 Å². The Morgan fingerprint density at radius 3 is 2.52 bits per heavy atom. The number of imide groups is 1. The van der Waals surface area contributed by atoms with E-state index >= 15 is 0 Å². The second-order valence-corrected chi connectivity index (χ2v) is 6.91. The van der Waals surface area contributed by atoms with Crippen molar-refractivity contribution in [1.82, 2.24) is 5.32 Å². The number of aryl methyl sites for hydroxylation is 1. The molecule has 0 radical (unpaired) electrons. The van der Waals surface area contributed by atoms with Crippen LogP contribution in [0, 0.1) is 17.3 Å². The largest absolute Gasteiger partial charge is 0.296 e. The van der Waals surface area contributed by atoms with E-state index in [2.05, 4.69) is 38.2 Å². The van der Waals surface area contributed by atoms with E-state index in [1.807, 2.05) is 18.2 Å². The second kappa shape index (κ2) is 6.42. The number of carbonyl (C=O) groups is 2. The van der Waals surface area contributed by atoms with Crippen LogP contribution in [0.2, 0.25) is 0 Å². The van der Waals surface area contributed by atoms with Gasteiger partial charge in [0.25, 0.3) is 0 Å². The van der Waals surface area contributed by atoms with Gasteiger partial charge >= 0.3 is 0 Å². The first-order valence-electron chi connectivity index (χ1n) is 7.78. The van der Waals surface area contributed by atoms with E-state index in [0.29, 0.717) is 12.3 Å². The fourth-order valence-corrected chi connectivity index (χ4v) is 3.28. The normalized spacial score (nSPS) is 26.0. The predicted molar refractivity (Wildman–Crippen MR) is 83.6 cm³/mol. The maximum Gasteiger partial charge on any atom is 0.230 e. The lowest BCUT2D eigenvalue weighted by molar-refractivity contribution is -0.144. The Kier molecular flexibility index (Phi) is 4.81. The fraction of sp³-hybridized carbons (Fsp3) is 0.556. The molecule has 3 heteroatoms. The highest BCUT2D eigenvalue weighted by atomic mass is 16.2. The molecule has 1 aliphatic heterocycles. The SMILES string of the molecule is CC(C)CC1C(=O)NC(=O)CC1(C)CCc1ccccc1. The Bertz CT molecular complexity index is 509. The summed E-state index contributed by atoms with van der Waals surface area (Å²) in [6.45, 7) is 6.35. The van der Waals surface area contributed by atoms with Crippen molar-refractivity contribution in [1.29, 1.82) is 0 Å². The van der Waals surface area contributed by atoms with Crippen LogP contribution in [0.15, 0.2) is 30.3 Å². The van der Waals surface area contributed by atoms with Gasteiger partial charge in [0.1, 0.15) is 0 Å². The number of carbonyl (C=O) groups excluding carboxylic acids is 2. The molecule has 0 bridgehead atoms. The first-order valence-corrected chi connectivity index (χ1v) is 7.78. The molecule has 1 aliphatic rings. The molecule has 2 amide bonds. The standard InChI is InChI=1S/C18H25NO2/c1-13(2)11-15-17(21)19-16(20)12-18(15,3)10-9-14-7-5-4-6-8-14/h4-8,13,15H,9-12H2,1-3H3,(H,19,20,21). The minimum Gasteiger partial charge on any atom is -0.296 e. The van der Waals surface area contributed by atoms with Crippen LogP contribution in [0.5, 0.6) is 0 Å². The first kappa shape index (κ1) is 15.7. The van der Waals surface area contributed by atoms with Crippen molar-refractivity contribution >= 4 is 11.8 Å². The third-order valence-electron chi connectivity index (χ3n) is 4.52. The Morgan fingerprint density at radius 2 is 1.90 bits per heavy atom. The van der Waals surface area contributed by atoms with Crippen molar-refractivity contribution in [2.75, 3.05) is 0 Å². The van der Waals surface area contributed by atoms with Crippen molar-refractivity contribution < 1.29 is 9.59 Å². The molecular weight excluding hydrogens is 262 g/mol. The highest BCUT2D eigenvalue weighted by molar-refractivity contribution is 5.99. The zero-order chi connectivity index (χ0) is 15.5. The third-order valence-corrected chi connectivity index (χ3v) is 4.52. The number of amides is 2. The molecule has 1 aromatic carbocycles. The number of hydrogen-bond donors (Lipinski definition) is 1. The topological polar surface area (TPSA) is 46.2 Å². The highest BCUT2D eigenvalue weighted by Gasteiger charge is 2.44. The van der Waals surface area contributed by atoms with Crippen molar-refractivity contribution in [3.05, 3.63) is 35.9 Å². The zero-order valence-corrected chi connectivity index (χ0v) is 13.2. The molecule has 1 saturated heterocycles. The molecule has 2 atom stereocenters. The summed E-state index contributed by atoms with van der Waals surface area (Å²) in [5.41, 5.74) is 1.03. The Morgan fingerprint density at radius 1 is 1.24 bits per heavy atom. The maximum absolute atomic E-state index is 12.2. The van der Waals surface area contributed by atoms with Crippen molar-refractivity contribution in [2.45, 2.75) is 46.5 Å².